The van der Waals surface area contributed by atoms with Crippen molar-refractivity contribution in [2.24, 2.45) is 5.92 Å². The second kappa shape index (κ2) is 4.19. The average Bonchev–Trinajstić information content (AvgIpc) is 3.03. The van der Waals surface area contributed by atoms with Gasteiger partial charge in [-0.2, -0.15) is 13.2 Å². The van der Waals surface area contributed by atoms with Crippen LogP contribution in [0.1, 0.15) is 29.9 Å². The standard InChI is InChI=1S/C12H12F3NO2/c13-12(14,15)8-3-1-2-7(10(8)16)9(11(17)18)6-4-5-6/h1-3,6,9H,4-5,16H2,(H,17,18). The van der Waals surface area contributed by atoms with Crippen molar-refractivity contribution in [3.05, 3.63) is 29.3 Å². The predicted octanol–water partition coefficient (Wildman–Crippen LogP) is 2.87. The van der Waals surface area contributed by atoms with Gasteiger partial charge in [-0.15, -0.1) is 0 Å². The van der Waals surface area contributed by atoms with Crippen LogP contribution < -0.4 is 5.73 Å². The van der Waals surface area contributed by atoms with Crippen LogP contribution in [0.25, 0.3) is 0 Å². The van der Waals surface area contributed by atoms with Gasteiger partial charge in [0.1, 0.15) is 0 Å². The number of carboxylic acid groups (broad SMARTS) is 1. The van der Waals surface area contributed by atoms with Crippen LogP contribution in [0.5, 0.6) is 0 Å². The van der Waals surface area contributed by atoms with Crippen LogP contribution in [0, 0.1) is 5.92 Å². The normalized spacial score (nSPS) is 17.5. The first-order valence-corrected chi connectivity index (χ1v) is 5.50. The summed E-state index contributed by atoms with van der Waals surface area (Å²) in [5.41, 5.74) is 4.13. The molecule has 0 heterocycles. The number of carbonyl (C=O) groups is 1. The number of alkyl halides is 3. The first-order chi connectivity index (χ1) is 8.32. The average molecular weight is 259 g/mol. The number of anilines is 1. The third-order valence-electron chi connectivity index (χ3n) is 3.14. The molecule has 0 bridgehead atoms. The highest BCUT2D eigenvalue weighted by molar-refractivity contribution is 5.80. The van der Waals surface area contributed by atoms with Crippen molar-refractivity contribution >= 4 is 11.7 Å². The maximum atomic E-state index is 12.7. The maximum Gasteiger partial charge on any atom is 0.418 e. The fourth-order valence-corrected chi connectivity index (χ4v) is 2.12. The number of nitrogen functional groups attached to an aromatic ring is 1. The molecule has 0 spiro atoms. The number of carboxylic acids is 1. The molecule has 0 saturated heterocycles. The zero-order valence-corrected chi connectivity index (χ0v) is 9.37. The molecule has 0 amide bonds. The molecule has 1 aliphatic rings. The van der Waals surface area contributed by atoms with Gasteiger partial charge in [0.15, 0.2) is 0 Å². The third kappa shape index (κ3) is 2.27. The van der Waals surface area contributed by atoms with Crippen LogP contribution in [0.2, 0.25) is 0 Å². The predicted molar refractivity (Wildman–Crippen MR) is 59.0 cm³/mol. The molecule has 1 fully saturated rings. The van der Waals surface area contributed by atoms with Gasteiger partial charge < -0.3 is 10.8 Å². The molecule has 1 saturated carbocycles. The monoisotopic (exact) mass is 259 g/mol. The smallest absolute Gasteiger partial charge is 0.418 e. The molecule has 1 unspecified atom stereocenters. The molecule has 1 aromatic rings. The van der Waals surface area contributed by atoms with Crippen molar-refractivity contribution in [2.45, 2.75) is 24.9 Å². The fourth-order valence-electron chi connectivity index (χ4n) is 2.12. The van der Waals surface area contributed by atoms with Crippen molar-refractivity contribution in [1.29, 1.82) is 0 Å². The van der Waals surface area contributed by atoms with E-state index in [-0.39, 0.29) is 11.5 Å². The van der Waals surface area contributed by atoms with E-state index in [1.54, 1.807) is 0 Å². The van der Waals surface area contributed by atoms with Gasteiger partial charge >= 0.3 is 12.1 Å². The van der Waals surface area contributed by atoms with Gasteiger partial charge in [-0.1, -0.05) is 12.1 Å². The molecule has 3 nitrogen and oxygen atoms in total. The Bertz CT molecular complexity index is 481. The highest BCUT2D eigenvalue weighted by Gasteiger charge is 2.41. The Kier molecular flexibility index (Phi) is 2.96. The minimum Gasteiger partial charge on any atom is -0.481 e. The molecule has 98 valence electrons. The summed E-state index contributed by atoms with van der Waals surface area (Å²) < 4.78 is 38.0. The molecule has 6 heteroatoms. The van der Waals surface area contributed by atoms with Crippen LogP contribution in [0.3, 0.4) is 0 Å². The largest absolute Gasteiger partial charge is 0.481 e. The number of benzene rings is 1. The molecular formula is C12H12F3NO2. The van der Waals surface area contributed by atoms with E-state index in [9.17, 15) is 18.0 Å². The molecule has 0 aromatic heterocycles. The minimum absolute atomic E-state index is 0.0693. The summed E-state index contributed by atoms with van der Waals surface area (Å²) in [7, 11) is 0. The number of nitrogens with two attached hydrogens (primary N) is 1. The summed E-state index contributed by atoms with van der Waals surface area (Å²) in [6.45, 7) is 0. The number of para-hydroxylation sites is 1. The lowest BCUT2D eigenvalue weighted by Gasteiger charge is -2.18. The van der Waals surface area contributed by atoms with E-state index in [0.717, 1.165) is 6.07 Å². The van der Waals surface area contributed by atoms with Crippen molar-refractivity contribution in [1.82, 2.24) is 0 Å². The van der Waals surface area contributed by atoms with E-state index in [1.165, 1.54) is 12.1 Å². The van der Waals surface area contributed by atoms with Crippen LogP contribution >= 0.6 is 0 Å². The SMILES string of the molecule is Nc1c(C(C(=O)O)C2CC2)cccc1C(F)(F)F. The first kappa shape index (κ1) is 12.7. The number of halogens is 3. The van der Waals surface area contributed by atoms with E-state index in [1.807, 2.05) is 0 Å². The minimum atomic E-state index is -4.56. The lowest BCUT2D eigenvalue weighted by molar-refractivity contribution is -0.140. The highest BCUT2D eigenvalue weighted by atomic mass is 19.4. The van der Waals surface area contributed by atoms with Gasteiger partial charge in [-0.05, 0) is 30.4 Å². The van der Waals surface area contributed by atoms with Gasteiger partial charge in [-0.25, -0.2) is 0 Å². The molecule has 0 aliphatic heterocycles. The zero-order chi connectivity index (χ0) is 13.5. The summed E-state index contributed by atoms with van der Waals surface area (Å²) in [5, 5.41) is 9.12. The van der Waals surface area contributed by atoms with Gasteiger partial charge in [0.25, 0.3) is 0 Å². The first-order valence-electron chi connectivity index (χ1n) is 5.50. The molecule has 2 rings (SSSR count). The fraction of sp³-hybridized carbons (Fsp3) is 0.417. The lowest BCUT2D eigenvalue weighted by Crippen LogP contribution is -2.18. The second-order valence-corrected chi connectivity index (χ2v) is 4.46. The van der Waals surface area contributed by atoms with E-state index in [0.29, 0.717) is 12.8 Å². The van der Waals surface area contributed by atoms with Gasteiger partial charge in [0.2, 0.25) is 0 Å². The van der Waals surface area contributed by atoms with Crippen molar-refractivity contribution in [3.63, 3.8) is 0 Å². The van der Waals surface area contributed by atoms with E-state index < -0.39 is 29.3 Å². The highest BCUT2D eigenvalue weighted by Crippen LogP contribution is 2.46. The molecular weight excluding hydrogens is 247 g/mol. The van der Waals surface area contributed by atoms with Crippen molar-refractivity contribution in [3.8, 4) is 0 Å². The molecule has 1 atom stereocenters. The Morgan fingerprint density at radius 3 is 2.44 bits per heavy atom. The van der Waals surface area contributed by atoms with Crippen LogP contribution in [-0.2, 0) is 11.0 Å². The maximum absolute atomic E-state index is 12.7. The quantitative estimate of drug-likeness (QED) is 0.820. The molecule has 3 N–H and O–H groups in total. The summed E-state index contributed by atoms with van der Waals surface area (Å²) in [6.07, 6.45) is -3.13. The second-order valence-electron chi connectivity index (χ2n) is 4.46. The topological polar surface area (TPSA) is 63.3 Å². The molecule has 1 aliphatic carbocycles. The van der Waals surface area contributed by atoms with Gasteiger partial charge in [0.05, 0.1) is 11.5 Å². The molecule has 0 radical (unpaired) electrons. The number of hydrogen-bond acceptors (Lipinski definition) is 2. The van der Waals surface area contributed by atoms with Gasteiger partial charge in [-0.3, -0.25) is 4.79 Å². The lowest BCUT2D eigenvalue weighted by atomic mass is 9.91. The van der Waals surface area contributed by atoms with Gasteiger partial charge in [0, 0.05) is 5.69 Å². The van der Waals surface area contributed by atoms with Crippen LogP contribution in [0.4, 0.5) is 18.9 Å². The van der Waals surface area contributed by atoms with Crippen molar-refractivity contribution < 1.29 is 23.1 Å². The van der Waals surface area contributed by atoms with E-state index >= 15 is 0 Å². The summed E-state index contributed by atoms with van der Waals surface area (Å²) in [5.74, 6) is -2.16. The molecule has 1 aromatic carbocycles. The summed E-state index contributed by atoms with van der Waals surface area (Å²) in [4.78, 5) is 11.2. The van der Waals surface area contributed by atoms with Crippen LogP contribution in [-0.4, -0.2) is 11.1 Å². The Balaban J connectivity index is 2.48. The number of rotatable bonds is 3. The number of hydrogen-bond donors (Lipinski definition) is 2. The third-order valence-corrected chi connectivity index (χ3v) is 3.14. The Hall–Kier alpha value is -1.72. The Labute approximate surface area is 101 Å². The Morgan fingerprint density at radius 2 is 2.00 bits per heavy atom. The zero-order valence-electron chi connectivity index (χ0n) is 9.37. The summed E-state index contributed by atoms with van der Waals surface area (Å²) in [6, 6.07) is 3.43. The Morgan fingerprint density at radius 1 is 1.39 bits per heavy atom. The van der Waals surface area contributed by atoms with Crippen LogP contribution in [0.15, 0.2) is 18.2 Å². The molecule has 18 heavy (non-hydrogen) atoms. The van der Waals surface area contributed by atoms with E-state index in [4.69, 9.17) is 10.8 Å². The summed E-state index contributed by atoms with van der Waals surface area (Å²) >= 11 is 0. The van der Waals surface area contributed by atoms with Crippen molar-refractivity contribution in [2.75, 3.05) is 5.73 Å². The number of aliphatic carboxylic acids is 1. The van der Waals surface area contributed by atoms with E-state index in [2.05, 4.69) is 0 Å².